The van der Waals surface area contributed by atoms with Crippen LogP contribution in [0.4, 0.5) is 0 Å². The van der Waals surface area contributed by atoms with Crippen LogP contribution in [0.25, 0.3) is 21.2 Å². The van der Waals surface area contributed by atoms with Gasteiger partial charge in [0, 0.05) is 28.6 Å². The van der Waals surface area contributed by atoms with Crippen molar-refractivity contribution >= 4 is 50.1 Å². The van der Waals surface area contributed by atoms with Crippen LogP contribution in [0.5, 0.6) is 0 Å². The molecule has 0 aliphatic carbocycles. The molecule has 0 fully saturated rings. The van der Waals surface area contributed by atoms with Crippen molar-refractivity contribution in [1.29, 1.82) is 0 Å². The van der Waals surface area contributed by atoms with E-state index in [-0.39, 0.29) is 25.1 Å². The SMILES string of the molecule is CCc1cc2oc(=O)cc(COC(=O)CCn3cnc4sccc4c3=O)c2cc1Cl. The van der Waals surface area contributed by atoms with Crippen molar-refractivity contribution in [3.05, 3.63) is 72.9 Å². The van der Waals surface area contributed by atoms with Crippen LogP contribution < -0.4 is 11.2 Å². The second-order valence-electron chi connectivity index (χ2n) is 6.68. The Hall–Kier alpha value is -2.97. The summed E-state index contributed by atoms with van der Waals surface area (Å²) in [6.07, 6.45) is 2.12. The minimum absolute atomic E-state index is 0.00264. The number of thiophene rings is 1. The van der Waals surface area contributed by atoms with Crippen molar-refractivity contribution in [2.24, 2.45) is 0 Å². The monoisotopic (exact) mass is 444 g/mol. The number of halogens is 1. The Bertz CT molecular complexity index is 1370. The minimum atomic E-state index is -0.528. The molecule has 0 spiro atoms. The molecule has 0 saturated heterocycles. The molecule has 0 unspecified atom stereocenters. The zero-order valence-electron chi connectivity index (χ0n) is 16.0. The van der Waals surface area contributed by atoms with Crippen LogP contribution in [-0.4, -0.2) is 15.5 Å². The van der Waals surface area contributed by atoms with Gasteiger partial charge in [-0.15, -0.1) is 11.3 Å². The molecule has 0 aliphatic heterocycles. The van der Waals surface area contributed by atoms with Crippen molar-refractivity contribution in [3.8, 4) is 0 Å². The number of aromatic nitrogens is 2. The number of carbonyl (C=O) groups excluding carboxylic acids is 1. The van der Waals surface area contributed by atoms with Gasteiger partial charge < -0.3 is 9.15 Å². The molecule has 154 valence electrons. The molecule has 1 aromatic carbocycles. The van der Waals surface area contributed by atoms with Crippen LogP contribution >= 0.6 is 22.9 Å². The first-order valence-corrected chi connectivity index (χ1v) is 10.6. The summed E-state index contributed by atoms with van der Waals surface area (Å²) >= 11 is 7.67. The van der Waals surface area contributed by atoms with Crippen molar-refractivity contribution in [2.45, 2.75) is 32.9 Å². The second kappa shape index (κ2) is 8.41. The molecule has 7 nitrogen and oxygen atoms in total. The average Bonchev–Trinajstić information content (AvgIpc) is 3.21. The fourth-order valence-corrected chi connectivity index (χ4v) is 4.19. The van der Waals surface area contributed by atoms with E-state index < -0.39 is 11.6 Å². The van der Waals surface area contributed by atoms with E-state index in [9.17, 15) is 14.4 Å². The number of nitrogens with zero attached hydrogens (tertiary/aromatic N) is 2. The first kappa shape index (κ1) is 20.3. The number of esters is 1. The Morgan fingerprint density at radius 1 is 1.23 bits per heavy atom. The van der Waals surface area contributed by atoms with E-state index in [1.165, 1.54) is 28.3 Å². The van der Waals surface area contributed by atoms with Crippen molar-refractivity contribution < 1.29 is 13.9 Å². The molecule has 0 N–H and O–H groups in total. The largest absolute Gasteiger partial charge is 0.461 e. The second-order valence-corrected chi connectivity index (χ2v) is 7.98. The molecular weight excluding hydrogens is 428 g/mol. The van der Waals surface area contributed by atoms with Crippen LogP contribution in [0.2, 0.25) is 5.02 Å². The predicted molar refractivity (Wildman–Crippen MR) is 115 cm³/mol. The molecule has 3 heterocycles. The Balaban J connectivity index is 1.47. The van der Waals surface area contributed by atoms with E-state index in [0.29, 0.717) is 38.2 Å². The fourth-order valence-electron chi connectivity index (χ4n) is 3.17. The van der Waals surface area contributed by atoms with Gasteiger partial charge in [0.25, 0.3) is 5.56 Å². The van der Waals surface area contributed by atoms with Gasteiger partial charge in [0.2, 0.25) is 0 Å². The molecule has 3 aromatic heterocycles. The van der Waals surface area contributed by atoms with Gasteiger partial charge >= 0.3 is 11.6 Å². The highest BCUT2D eigenvalue weighted by Crippen LogP contribution is 2.26. The number of fused-ring (bicyclic) bond motifs is 2. The first-order valence-electron chi connectivity index (χ1n) is 9.29. The van der Waals surface area contributed by atoms with Crippen molar-refractivity contribution in [1.82, 2.24) is 9.55 Å². The maximum Gasteiger partial charge on any atom is 0.336 e. The summed E-state index contributed by atoms with van der Waals surface area (Å²) < 4.78 is 12.0. The van der Waals surface area contributed by atoms with Crippen molar-refractivity contribution in [2.75, 3.05) is 0 Å². The Morgan fingerprint density at radius 3 is 2.87 bits per heavy atom. The third kappa shape index (κ3) is 4.01. The molecule has 0 atom stereocenters. The van der Waals surface area contributed by atoms with Gasteiger partial charge in [-0.05, 0) is 35.6 Å². The molecule has 30 heavy (non-hydrogen) atoms. The van der Waals surface area contributed by atoms with E-state index >= 15 is 0 Å². The Morgan fingerprint density at radius 2 is 2.07 bits per heavy atom. The van der Waals surface area contributed by atoms with E-state index in [1.807, 2.05) is 6.92 Å². The number of rotatable bonds is 6. The van der Waals surface area contributed by atoms with Crippen LogP contribution in [0, 0.1) is 0 Å². The van der Waals surface area contributed by atoms with Crippen molar-refractivity contribution in [3.63, 3.8) is 0 Å². The standard InChI is InChI=1S/C21H17ClN2O5S/c1-2-12-7-17-15(9-16(12)22)13(8-19(26)29-17)10-28-18(25)3-5-24-11-23-20-14(21(24)27)4-6-30-20/h4,6-9,11H,2-3,5,10H2,1H3. The fraction of sp³-hybridized carbons (Fsp3) is 0.238. The van der Waals surface area contributed by atoms with E-state index in [2.05, 4.69) is 4.98 Å². The van der Waals surface area contributed by atoms with Gasteiger partial charge in [0.1, 0.15) is 17.0 Å². The van der Waals surface area contributed by atoms with Crippen LogP contribution in [0.3, 0.4) is 0 Å². The molecule has 0 radical (unpaired) electrons. The van der Waals surface area contributed by atoms with E-state index in [1.54, 1.807) is 23.6 Å². The lowest BCUT2D eigenvalue weighted by molar-refractivity contribution is -0.145. The lowest BCUT2D eigenvalue weighted by Gasteiger charge is -2.10. The molecule has 0 aliphatic rings. The predicted octanol–water partition coefficient (Wildman–Crippen LogP) is 3.91. The summed E-state index contributed by atoms with van der Waals surface area (Å²) in [7, 11) is 0. The Labute approximate surface area is 179 Å². The lowest BCUT2D eigenvalue weighted by Crippen LogP contribution is -2.22. The van der Waals surface area contributed by atoms with Gasteiger partial charge in [-0.3, -0.25) is 14.2 Å². The summed E-state index contributed by atoms with van der Waals surface area (Å²) in [6.45, 7) is 2.01. The van der Waals surface area contributed by atoms with Crippen LogP contribution in [0.15, 0.2) is 50.0 Å². The maximum atomic E-state index is 12.4. The molecule has 9 heteroatoms. The van der Waals surface area contributed by atoms with Crippen LogP contribution in [0.1, 0.15) is 24.5 Å². The lowest BCUT2D eigenvalue weighted by atomic mass is 10.1. The highest BCUT2D eigenvalue weighted by molar-refractivity contribution is 7.16. The third-order valence-corrected chi connectivity index (χ3v) is 5.95. The molecule has 4 rings (SSSR count). The minimum Gasteiger partial charge on any atom is -0.461 e. The average molecular weight is 445 g/mol. The van der Waals surface area contributed by atoms with Crippen LogP contribution in [-0.2, 0) is 29.1 Å². The van der Waals surface area contributed by atoms with Gasteiger partial charge in [-0.1, -0.05) is 18.5 Å². The smallest absolute Gasteiger partial charge is 0.336 e. The summed E-state index contributed by atoms with van der Waals surface area (Å²) in [5, 5.41) is 3.51. The highest BCUT2D eigenvalue weighted by Gasteiger charge is 2.13. The molecular formula is C21H17ClN2O5S. The molecule has 4 aromatic rings. The van der Waals surface area contributed by atoms with Gasteiger partial charge in [0.05, 0.1) is 18.1 Å². The van der Waals surface area contributed by atoms with Gasteiger partial charge in [-0.25, -0.2) is 9.78 Å². The Kier molecular flexibility index (Phi) is 5.69. The number of hydrogen-bond acceptors (Lipinski definition) is 7. The normalized spacial score (nSPS) is 11.3. The number of carbonyl (C=O) groups is 1. The summed E-state index contributed by atoms with van der Waals surface area (Å²) in [5.74, 6) is -0.495. The summed E-state index contributed by atoms with van der Waals surface area (Å²) in [6, 6.07) is 6.44. The molecule has 0 bridgehead atoms. The number of hydrogen-bond donors (Lipinski definition) is 0. The zero-order valence-corrected chi connectivity index (χ0v) is 17.6. The first-order chi connectivity index (χ1) is 14.5. The van der Waals surface area contributed by atoms with E-state index in [0.717, 1.165) is 5.56 Å². The quantitative estimate of drug-likeness (QED) is 0.330. The van der Waals surface area contributed by atoms with Gasteiger partial charge in [-0.2, -0.15) is 0 Å². The highest BCUT2D eigenvalue weighted by atomic mass is 35.5. The number of aryl methyl sites for hydroxylation is 2. The van der Waals surface area contributed by atoms with Gasteiger partial charge in [0.15, 0.2) is 0 Å². The summed E-state index contributed by atoms with van der Waals surface area (Å²) in [5.41, 5.74) is 1.05. The topological polar surface area (TPSA) is 91.4 Å². The number of ether oxygens (including phenoxy) is 1. The molecule has 0 saturated carbocycles. The zero-order chi connectivity index (χ0) is 21.3. The molecule has 0 amide bonds. The number of benzene rings is 1. The third-order valence-electron chi connectivity index (χ3n) is 4.77. The van der Waals surface area contributed by atoms with E-state index in [4.69, 9.17) is 20.8 Å². The maximum absolute atomic E-state index is 12.4. The summed E-state index contributed by atoms with van der Waals surface area (Å²) in [4.78, 5) is 41.3.